The van der Waals surface area contributed by atoms with Gasteiger partial charge in [-0.15, -0.1) is 12.4 Å². The van der Waals surface area contributed by atoms with Crippen molar-refractivity contribution < 1.29 is 19.1 Å². The fraction of sp³-hybridized carbons (Fsp3) is 0.516. The molecule has 0 aliphatic heterocycles. The van der Waals surface area contributed by atoms with Gasteiger partial charge in [0.1, 0.15) is 11.8 Å². The smallest absolute Gasteiger partial charge is 0.243 e. The molecule has 2 saturated carbocycles. The summed E-state index contributed by atoms with van der Waals surface area (Å²) >= 11 is 0. The van der Waals surface area contributed by atoms with Crippen molar-refractivity contribution in [3.8, 4) is 5.75 Å². The van der Waals surface area contributed by atoms with Gasteiger partial charge in [-0.05, 0) is 68.7 Å². The van der Waals surface area contributed by atoms with E-state index in [4.69, 9.17) is 10.5 Å². The minimum Gasteiger partial charge on any atom is -0.485 e. The molecule has 1 atom stereocenters. The van der Waals surface area contributed by atoms with E-state index in [-0.39, 0.29) is 48.6 Å². The molecule has 2 aliphatic rings. The van der Waals surface area contributed by atoms with Crippen LogP contribution in [0.4, 0.5) is 0 Å². The van der Waals surface area contributed by atoms with E-state index < -0.39 is 6.04 Å². The van der Waals surface area contributed by atoms with Crippen molar-refractivity contribution in [2.75, 3.05) is 13.2 Å². The van der Waals surface area contributed by atoms with Crippen LogP contribution in [0.5, 0.6) is 5.75 Å². The maximum Gasteiger partial charge on any atom is 0.243 e. The van der Waals surface area contributed by atoms with Crippen LogP contribution in [0.3, 0.4) is 0 Å². The molecule has 2 aliphatic carbocycles. The molecular formula is C31H42ClN3O4. The Morgan fingerprint density at radius 3 is 2.18 bits per heavy atom. The van der Waals surface area contributed by atoms with Gasteiger partial charge in [-0.3, -0.25) is 14.4 Å². The summed E-state index contributed by atoms with van der Waals surface area (Å²) in [6.07, 6.45) is 9.39. The van der Waals surface area contributed by atoms with Gasteiger partial charge in [0.05, 0.1) is 0 Å². The maximum absolute atomic E-state index is 13.3. The minimum absolute atomic E-state index is 0. The fourth-order valence-electron chi connectivity index (χ4n) is 5.52. The number of Topliss-reactive ketones (excluding diaryl/α,β-unsaturated/α-hetero) is 1. The number of halogens is 1. The zero-order chi connectivity index (χ0) is 26.7. The number of rotatable bonds is 11. The SMILES string of the molecule is Cl.NCC1CCC(C(=O)N[C@@H](Cc2ccc(OCC(=O)c3ccccc3)cc2)C(=O)NC2CCCCC2)CC1. The molecule has 0 radical (unpaired) electrons. The van der Waals surface area contributed by atoms with Crippen LogP contribution in [-0.4, -0.2) is 42.8 Å². The predicted molar refractivity (Wildman–Crippen MR) is 155 cm³/mol. The summed E-state index contributed by atoms with van der Waals surface area (Å²) in [7, 11) is 0. The number of nitrogens with two attached hydrogens (primary N) is 1. The van der Waals surface area contributed by atoms with E-state index >= 15 is 0 Å². The molecule has 2 aromatic rings. The van der Waals surface area contributed by atoms with Gasteiger partial charge in [-0.1, -0.05) is 61.7 Å². The van der Waals surface area contributed by atoms with E-state index in [1.165, 1.54) is 6.42 Å². The molecule has 39 heavy (non-hydrogen) atoms. The Labute approximate surface area is 238 Å². The van der Waals surface area contributed by atoms with Gasteiger partial charge in [0, 0.05) is 23.9 Å². The molecule has 0 saturated heterocycles. The lowest BCUT2D eigenvalue weighted by Crippen LogP contribution is -2.52. The third kappa shape index (κ3) is 9.36. The zero-order valence-corrected chi connectivity index (χ0v) is 23.4. The molecule has 2 fully saturated rings. The zero-order valence-electron chi connectivity index (χ0n) is 22.6. The lowest BCUT2D eigenvalue weighted by Gasteiger charge is -2.29. The number of hydrogen-bond donors (Lipinski definition) is 3. The Hall–Kier alpha value is -2.90. The minimum atomic E-state index is -0.636. The monoisotopic (exact) mass is 555 g/mol. The highest BCUT2D eigenvalue weighted by atomic mass is 35.5. The first-order valence-corrected chi connectivity index (χ1v) is 14.1. The lowest BCUT2D eigenvalue weighted by molar-refractivity contribution is -0.132. The van der Waals surface area contributed by atoms with Crippen LogP contribution in [0.15, 0.2) is 54.6 Å². The standard InChI is InChI=1S/C31H41N3O4.ClH/c32-20-23-11-15-25(16-12-23)30(36)34-28(31(37)33-26-9-5-2-6-10-26)19-22-13-17-27(18-14-22)38-21-29(35)24-7-3-1-4-8-24;/h1,3-4,7-8,13-14,17-18,23,25-26,28H,2,5-6,9-12,15-16,19-21,32H2,(H,33,37)(H,34,36);1H/t23?,25?,28-;/m0./s1. The number of ketones is 1. The molecule has 7 nitrogen and oxygen atoms in total. The summed E-state index contributed by atoms with van der Waals surface area (Å²) in [6, 6.07) is 16.0. The largest absolute Gasteiger partial charge is 0.485 e. The summed E-state index contributed by atoms with van der Waals surface area (Å²) in [4.78, 5) is 38.8. The van der Waals surface area contributed by atoms with Gasteiger partial charge >= 0.3 is 0 Å². The molecule has 0 spiro atoms. The molecule has 4 rings (SSSR count). The Balaban J connectivity index is 0.00000420. The lowest BCUT2D eigenvalue weighted by atomic mass is 9.81. The van der Waals surface area contributed by atoms with Crippen LogP contribution in [0.2, 0.25) is 0 Å². The highest BCUT2D eigenvalue weighted by Crippen LogP contribution is 2.28. The Bertz CT molecular complexity index is 1050. The summed E-state index contributed by atoms with van der Waals surface area (Å²) in [6.45, 7) is 0.624. The molecule has 212 valence electrons. The second-order valence-electron chi connectivity index (χ2n) is 10.8. The van der Waals surface area contributed by atoms with Crippen LogP contribution < -0.4 is 21.1 Å². The number of carbonyl (C=O) groups is 3. The first kappa shape index (κ1) is 30.6. The Kier molecular flexibility index (Phi) is 12.3. The number of nitrogens with one attached hydrogen (secondary N) is 2. The summed E-state index contributed by atoms with van der Waals surface area (Å²) < 4.78 is 5.68. The number of carbonyl (C=O) groups excluding carboxylic acids is 3. The summed E-state index contributed by atoms with van der Waals surface area (Å²) in [5, 5.41) is 6.26. The van der Waals surface area contributed by atoms with Crippen LogP contribution in [0, 0.1) is 11.8 Å². The quantitative estimate of drug-likeness (QED) is 0.351. The molecule has 8 heteroatoms. The first-order valence-electron chi connectivity index (χ1n) is 14.1. The van der Waals surface area contributed by atoms with Crippen LogP contribution in [-0.2, 0) is 16.0 Å². The van der Waals surface area contributed by atoms with E-state index in [0.717, 1.165) is 56.9 Å². The first-order chi connectivity index (χ1) is 18.5. The highest BCUT2D eigenvalue weighted by molar-refractivity contribution is 5.97. The predicted octanol–water partition coefficient (Wildman–Crippen LogP) is 4.61. The highest BCUT2D eigenvalue weighted by Gasteiger charge is 2.30. The van der Waals surface area contributed by atoms with Crippen molar-refractivity contribution in [2.45, 2.75) is 76.3 Å². The molecule has 2 amide bonds. The molecule has 0 heterocycles. The number of benzene rings is 2. The number of hydrogen-bond acceptors (Lipinski definition) is 5. The number of ether oxygens (including phenoxy) is 1. The van der Waals surface area contributed by atoms with Crippen molar-refractivity contribution in [3.63, 3.8) is 0 Å². The van der Waals surface area contributed by atoms with Gasteiger partial charge in [-0.25, -0.2) is 0 Å². The van der Waals surface area contributed by atoms with E-state index in [1.807, 2.05) is 30.3 Å². The Morgan fingerprint density at radius 2 is 1.54 bits per heavy atom. The van der Waals surface area contributed by atoms with Crippen molar-refractivity contribution in [1.29, 1.82) is 0 Å². The summed E-state index contributed by atoms with van der Waals surface area (Å²) in [5.74, 6) is 0.770. The topological polar surface area (TPSA) is 111 Å². The van der Waals surface area contributed by atoms with E-state index in [2.05, 4.69) is 10.6 Å². The maximum atomic E-state index is 13.3. The average molecular weight is 556 g/mol. The fourth-order valence-corrected chi connectivity index (χ4v) is 5.52. The molecule has 0 unspecified atom stereocenters. The summed E-state index contributed by atoms with van der Waals surface area (Å²) in [5.41, 5.74) is 7.35. The van der Waals surface area contributed by atoms with Crippen LogP contribution in [0.25, 0.3) is 0 Å². The van der Waals surface area contributed by atoms with Gasteiger partial charge in [0.25, 0.3) is 0 Å². The third-order valence-corrected chi connectivity index (χ3v) is 7.96. The van der Waals surface area contributed by atoms with Gasteiger partial charge < -0.3 is 21.1 Å². The molecule has 2 aromatic carbocycles. The van der Waals surface area contributed by atoms with Crippen molar-refractivity contribution in [1.82, 2.24) is 10.6 Å². The second kappa shape index (κ2) is 15.6. The van der Waals surface area contributed by atoms with Crippen LogP contribution >= 0.6 is 12.4 Å². The van der Waals surface area contributed by atoms with E-state index in [9.17, 15) is 14.4 Å². The molecule has 4 N–H and O–H groups in total. The number of amides is 2. The second-order valence-corrected chi connectivity index (χ2v) is 10.8. The van der Waals surface area contributed by atoms with Crippen molar-refractivity contribution in [3.05, 3.63) is 65.7 Å². The van der Waals surface area contributed by atoms with E-state index in [0.29, 0.717) is 30.2 Å². The molecule has 0 bridgehead atoms. The van der Waals surface area contributed by atoms with Gasteiger partial charge in [0.2, 0.25) is 11.8 Å². The van der Waals surface area contributed by atoms with Gasteiger partial charge in [0.15, 0.2) is 12.4 Å². The van der Waals surface area contributed by atoms with Crippen molar-refractivity contribution >= 4 is 30.0 Å². The normalized spacial score (nSPS) is 20.2. The van der Waals surface area contributed by atoms with Crippen molar-refractivity contribution in [2.24, 2.45) is 17.6 Å². The third-order valence-electron chi connectivity index (χ3n) is 7.96. The average Bonchev–Trinajstić information content (AvgIpc) is 2.97. The van der Waals surface area contributed by atoms with Gasteiger partial charge in [-0.2, -0.15) is 0 Å². The van der Waals surface area contributed by atoms with E-state index in [1.54, 1.807) is 24.3 Å². The Morgan fingerprint density at radius 1 is 0.872 bits per heavy atom. The molecular weight excluding hydrogens is 514 g/mol. The molecule has 0 aromatic heterocycles. The van der Waals surface area contributed by atoms with Crippen LogP contribution in [0.1, 0.15) is 73.7 Å².